The summed E-state index contributed by atoms with van der Waals surface area (Å²) in [5.74, 6) is -1.04. The molecule has 0 radical (unpaired) electrons. The first-order chi connectivity index (χ1) is 6.63. The van der Waals surface area contributed by atoms with Gasteiger partial charge in [0.2, 0.25) is 0 Å². The van der Waals surface area contributed by atoms with Gasteiger partial charge in [0.05, 0.1) is 6.21 Å². The SMILES string of the molecule is NC(/C=N\O)Cc1cc(F)ccc1F. The molecule has 1 rings (SSSR count). The Labute approximate surface area is 79.8 Å². The molecule has 1 unspecified atom stereocenters. The molecule has 76 valence electrons. The van der Waals surface area contributed by atoms with Gasteiger partial charge in [0.1, 0.15) is 11.6 Å². The highest BCUT2D eigenvalue weighted by Gasteiger charge is 2.07. The summed E-state index contributed by atoms with van der Waals surface area (Å²) >= 11 is 0. The van der Waals surface area contributed by atoms with E-state index in [2.05, 4.69) is 5.16 Å². The molecule has 0 aromatic heterocycles. The highest BCUT2D eigenvalue weighted by Crippen LogP contribution is 2.10. The van der Waals surface area contributed by atoms with Crippen LogP contribution in [0.25, 0.3) is 0 Å². The smallest absolute Gasteiger partial charge is 0.126 e. The summed E-state index contributed by atoms with van der Waals surface area (Å²) in [5, 5.41) is 10.9. The number of nitrogens with zero attached hydrogens (tertiary/aromatic N) is 1. The number of benzene rings is 1. The monoisotopic (exact) mass is 200 g/mol. The van der Waals surface area contributed by atoms with Crippen LogP contribution in [0.15, 0.2) is 23.4 Å². The van der Waals surface area contributed by atoms with Crippen molar-refractivity contribution in [2.45, 2.75) is 12.5 Å². The van der Waals surface area contributed by atoms with Crippen LogP contribution in [0.2, 0.25) is 0 Å². The maximum atomic E-state index is 13.0. The first-order valence-electron chi connectivity index (χ1n) is 4.00. The standard InChI is InChI=1S/C9H10F2N2O/c10-7-1-2-9(11)6(3-7)4-8(12)5-13-14/h1-3,5,8,14H,4,12H2/b13-5-. The van der Waals surface area contributed by atoms with Gasteiger partial charge in [-0.3, -0.25) is 0 Å². The van der Waals surface area contributed by atoms with Gasteiger partial charge < -0.3 is 10.9 Å². The number of halogens is 2. The molecule has 0 spiro atoms. The lowest BCUT2D eigenvalue weighted by molar-refractivity contribution is 0.319. The lowest BCUT2D eigenvalue weighted by Crippen LogP contribution is -2.24. The van der Waals surface area contributed by atoms with Crippen molar-refractivity contribution >= 4 is 6.21 Å². The van der Waals surface area contributed by atoms with Crippen LogP contribution in [0.4, 0.5) is 8.78 Å². The third-order valence-electron chi connectivity index (χ3n) is 1.72. The van der Waals surface area contributed by atoms with Gasteiger partial charge in [-0.1, -0.05) is 0 Å². The van der Waals surface area contributed by atoms with E-state index < -0.39 is 17.7 Å². The second-order valence-electron chi connectivity index (χ2n) is 2.87. The Morgan fingerprint density at radius 3 is 2.86 bits per heavy atom. The summed E-state index contributed by atoms with van der Waals surface area (Å²) in [7, 11) is 0. The number of rotatable bonds is 3. The number of oxime groups is 1. The molecule has 5 heteroatoms. The fraction of sp³-hybridized carbons (Fsp3) is 0.222. The second-order valence-corrected chi connectivity index (χ2v) is 2.87. The van der Waals surface area contributed by atoms with Crippen LogP contribution in [0.5, 0.6) is 0 Å². The summed E-state index contributed by atoms with van der Waals surface area (Å²) in [4.78, 5) is 0. The maximum absolute atomic E-state index is 13.0. The largest absolute Gasteiger partial charge is 0.411 e. The topological polar surface area (TPSA) is 58.6 Å². The summed E-state index contributed by atoms with van der Waals surface area (Å²) in [6.45, 7) is 0. The minimum absolute atomic E-state index is 0.0909. The maximum Gasteiger partial charge on any atom is 0.126 e. The second kappa shape index (κ2) is 4.66. The first kappa shape index (κ1) is 10.6. The molecule has 0 saturated heterocycles. The zero-order chi connectivity index (χ0) is 10.6. The fourth-order valence-electron chi connectivity index (χ4n) is 1.09. The summed E-state index contributed by atoms with van der Waals surface area (Å²) in [5.41, 5.74) is 5.60. The molecule has 1 atom stereocenters. The van der Waals surface area contributed by atoms with E-state index in [-0.39, 0.29) is 12.0 Å². The molecule has 0 amide bonds. The zero-order valence-electron chi connectivity index (χ0n) is 7.32. The van der Waals surface area contributed by atoms with Crippen molar-refractivity contribution in [1.82, 2.24) is 0 Å². The Hall–Kier alpha value is -1.49. The predicted molar refractivity (Wildman–Crippen MR) is 48.3 cm³/mol. The van der Waals surface area contributed by atoms with E-state index in [4.69, 9.17) is 10.9 Å². The van der Waals surface area contributed by atoms with E-state index in [9.17, 15) is 8.78 Å². The van der Waals surface area contributed by atoms with Crippen molar-refractivity contribution < 1.29 is 14.0 Å². The molecular formula is C9H10F2N2O. The Morgan fingerprint density at radius 2 is 2.21 bits per heavy atom. The lowest BCUT2D eigenvalue weighted by atomic mass is 10.1. The zero-order valence-corrected chi connectivity index (χ0v) is 7.32. The molecule has 0 heterocycles. The third-order valence-corrected chi connectivity index (χ3v) is 1.72. The lowest BCUT2D eigenvalue weighted by Gasteiger charge is -2.06. The summed E-state index contributed by atoms with van der Waals surface area (Å²) in [6.07, 6.45) is 1.15. The van der Waals surface area contributed by atoms with Crippen molar-refractivity contribution in [3.63, 3.8) is 0 Å². The average molecular weight is 200 g/mol. The van der Waals surface area contributed by atoms with E-state index in [1.165, 1.54) is 0 Å². The number of nitrogens with two attached hydrogens (primary N) is 1. The van der Waals surface area contributed by atoms with Gasteiger partial charge >= 0.3 is 0 Å². The molecule has 0 fully saturated rings. The molecular weight excluding hydrogens is 190 g/mol. The molecule has 14 heavy (non-hydrogen) atoms. The van der Waals surface area contributed by atoms with E-state index in [1.807, 2.05) is 0 Å². The van der Waals surface area contributed by atoms with Crippen molar-refractivity contribution in [1.29, 1.82) is 0 Å². The van der Waals surface area contributed by atoms with Crippen LogP contribution in [0.3, 0.4) is 0 Å². The van der Waals surface area contributed by atoms with Crippen molar-refractivity contribution in [3.05, 3.63) is 35.4 Å². The summed E-state index contributed by atoms with van der Waals surface area (Å²) in [6, 6.07) is 2.51. The van der Waals surface area contributed by atoms with Crippen LogP contribution in [0.1, 0.15) is 5.56 Å². The van der Waals surface area contributed by atoms with Crippen molar-refractivity contribution in [3.8, 4) is 0 Å². The van der Waals surface area contributed by atoms with Crippen LogP contribution in [0, 0.1) is 11.6 Å². The van der Waals surface area contributed by atoms with Crippen LogP contribution < -0.4 is 5.73 Å². The van der Waals surface area contributed by atoms with Gasteiger partial charge in [-0.2, -0.15) is 0 Å². The quantitative estimate of drug-likeness (QED) is 0.439. The van der Waals surface area contributed by atoms with Gasteiger partial charge in [0, 0.05) is 6.04 Å². The first-order valence-corrected chi connectivity index (χ1v) is 4.00. The van der Waals surface area contributed by atoms with Crippen molar-refractivity contribution in [2.75, 3.05) is 0 Å². The fourth-order valence-corrected chi connectivity index (χ4v) is 1.09. The van der Waals surface area contributed by atoms with Gasteiger partial charge in [-0.05, 0) is 30.2 Å². The van der Waals surface area contributed by atoms with Crippen LogP contribution in [-0.4, -0.2) is 17.5 Å². The molecule has 0 aliphatic rings. The molecule has 0 bridgehead atoms. The number of hydrogen-bond donors (Lipinski definition) is 2. The Bertz CT molecular complexity index is 342. The highest BCUT2D eigenvalue weighted by molar-refractivity contribution is 5.63. The van der Waals surface area contributed by atoms with E-state index in [0.29, 0.717) is 0 Å². The van der Waals surface area contributed by atoms with Gasteiger partial charge in [0.25, 0.3) is 0 Å². The third kappa shape index (κ3) is 2.77. The molecule has 1 aromatic carbocycles. The Morgan fingerprint density at radius 1 is 1.50 bits per heavy atom. The predicted octanol–water partition coefficient (Wildman–Crippen LogP) is 1.29. The Kier molecular flexibility index (Phi) is 3.53. The molecule has 0 saturated carbocycles. The normalized spacial score (nSPS) is 13.4. The van der Waals surface area contributed by atoms with Crippen molar-refractivity contribution in [2.24, 2.45) is 10.9 Å². The van der Waals surface area contributed by atoms with E-state index >= 15 is 0 Å². The van der Waals surface area contributed by atoms with Gasteiger partial charge in [-0.15, -0.1) is 5.16 Å². The van der Waals surface area contributed by atoms with Gasteiger partial charge in [-0.25, -0.2) is 8.78 Å². The molecule has 3 nitrogen and oxygen atoms in total. The van der Waals surface area contributed by atoms with E-state index in [1.54, 1.807) is 0 Å². The van der Waals surface area contributed by atoms with Gasteiger partial charge in [0.15, 0.2) is 0 Å². The molecule has 0 aliphatic heterocycles. The molecule has 1 aromatic rings. The minimum Gasteiger partial charge on any atom is -0.411 e. The van der Waals surface area contributed by atoms with Crippen LogP contribution in [-0.2, 0) is 6.42 Å². The summed E-state index contributed by atoms with van der Waals surface area (Å²) < 4.78 is 25.7. The molecule has 0 aliphatic carbocycles. The minimum atomic E-state index is -0.628. The highest BCUT2D eigenvalue weighted by atomic mass is 19.1. The number of hydrogen-bond acceptors (Lipinski definition) is 3. The van der Waals surface area contributed by atoms with E-state index in [0.717, 1.165) is 24.4 Å². The molecule has 3 N–H and O–H groups in total. The average Bonchev–Trinajstić information content (AvgIpc) is 2.12. The van der Waals surface area contributed by atoms with Crippen LogP contribution >= 0.6 is 0 Å². The Balaban J connectivity index is 2.80.